The average Bonchev–Trinajstić information content (AvgIpc) is 3.47. The molecular formula is C75H122O6. The van der Waals surface area contributed by atoms with E-state index in [1.54, 1.807) is 0 Å². The van der Waals surface area contributed by atoms with E-state index in [0.29, 0.717) is 19.3 Å². The van der Waals surface area contributed by atoms with Crippen molar-refractivity contribution in [1.82, 2.24) is 0 Å². The van der Waals surface area contributed by atoms with Crippen LogP contribution in [-0.2, 0) is 28.6 Å². The van der Waals surface area contributed by atoms with Gasteiger partial charge in [0.15, 0.2) is 6.10 Å². The Hall–Kier alpha value is -4.71. The van der Waals surface area contributed by atoms with Crippen LogP contribution < -0.4 is 0 Å². The quantitative estimate of drug-likeness (QED) is 0.0261. The average molecular weight is 1120 g/mol. The van der Waals surface area contributed by atoms with Gasteiger partial charge in [-0.2, -0.15) is 0 Å². The van der Waals surface area contributed by atoms with Crippen LogP contribution >= 0.6 is 0 Å². The second-order valence-corrected chi connectivity index (χ2v) is 21.6. The van der Waals surface area contributed by atoms with Gasteiger partial charge in [-0.3, -0.25) is 14.4 Å². The Balaban J connectivity index is 4.47. The van der Waals surface area contributed by atoms with Gasteiger partial charge >= 0.3 is 17.9 Å². The molecule has 0 fully saturated rings. The standard InChI is InChI=1S/C75H122O6/c1-4-7-10-13-16-19-22-25-28-31-33-35-37-39-41-44-47-50-53-56-59-62-65-68-74(77)80-71-72(70-79-73(76)67-64-61-58-55-52-49-46-43-30-27-24-21-18-15-12-9-6-3)81-75(78)69-66-63-60-57-54-51-48-45-42-40-38-36-34-32-29-26-23-20-17-14-11-8-5-2/h7,9-10,12,16,18-19,21,23,25-28,30,32-35,38,40,46,49,55,58,72H,4-6,8,11,13-15,17,20,22,24,29,31,36-37,39,41-45,47-48,50-54,56-57,59-71H2,1-3H3/b10-7-,12-9-,19-16-,21-18-,26-23-,28-25-,30-27-,34-32-,35-33-,40-38-,49-46-,58-55-. The minimum atomic E-state index is -0.815. The maximum absolute atomic E-state index is 12.9. The summed E-state index contributed by atoms with van der Waals surface area (Å²) in [6.45, 7) is 6.36. The first-order valence-electron chi connectivity index (χ1n) is 33.3. The third-order valence-corrected chi connectivity index (χ3v) is 13.8. The van der Waals surface area contributed by atoms with E-state index in [2.05, 4.69) is 167 Å². The summed E-state index contributed by atoms with van der Waals surface area (Å²) in [6, 6.07) is 0. The molecule has 0 aliphatic rings. The molecule has 0 aromatic rings. The van der Waals surface area contributed by atoms with Crippen molar-refractivity contribution in [3.05, 3.63) is 146 Å². The Bertz CT molecular complexity index is 1760. The Morgan fingerprint density at radius 1 is 0.259 bits per heavy atom. The number of hydrogen-bond acceptors (Lipinski definition) is 6. The number of esters is 3. The number of allylic oxidation sites excluding steroid dienone is 24. The number of ether oxygens (including phenoxy) is 3. The first-order chi connectivity index (χ1) is 40.0. The molecule has 81 heavy (non-hydrogen) atoms. The summed E-state index contributed by atoms with van der Waals surface area (Å²) >= 11 is 0. The molecular weight excluding hydrogens is 997 g/mol. The predicted octanol–water partition coefficient (Wildman–Crippen LogP) is 23.1. The number of rotatable bonds is 59. The molecule has 0 saturated carbocycles. The zero-order valence-corrected chi connectivity index (χ0v) is 52.5. The largest absolute Gasteiger partial charge is 0.462 e. The lowest BCUT2D eigenvalue weighted by molar-refractivity contribution is -0.167. The normalized spacial score (nSPS) is 13.1. The van der Waals surface area contributed by atoms with Crippen LogP contribution in [0.4, 0.5) is 0 Å². The van der Waals surface area contributed by atoms with Crippen LogP contribution in [0.3, 0.4) is 0 Å². The minimum absolute atomic E-state index is 0.106. The van der Waals surface area contributed by atoms with Crippen LogP contribution in [0, 0.1) is 0 Å². The summed E-state index contributed by atoms with van der Waals surface area (Å²) < 4.78 is 16.9. The summed E-state index contributed by atoms with van der Waals surface area (Å²) in [5, 5.41) is 0. The molecule has 1 atom stereocenters. The van der Waals surface area contributed by atoms with E-state index in [4.69, 9.17) is 14.2 Å². The van der Waals surface area contributed by atoms with Gasteiger partial charge in [-0.25, -0.2) is 0 Å². The third-order valence-electron chi connectivity index (χ3n) is 13.8. The van der Waals surface area contributed by atoms with Gasteiger partial charge in [0.25, 0.3) is 0 Å². The summed E-state index contributed by atoms with van der Waals surface area (Å²) in [5.74, 6) is -0.975. The number of carbonyl (C=O) groups is 3. The van der Waals surface area contributed by atoms with Gasteiger partial charge in [-0.05, 0) is 135 Å². The molecule has 1 unspecified atom stereocenters. The maximum atomic E-state index is 12.9. The van der Waals surface area contributed by atoms with E-state index in [-0.39, 0.29) is 37.5 Å². The van der Waals surface area contributed by atoms with Gasteiger partial charge in [-0.1, -0.05) is 282 Å². The van der Waals surface area contributed by atoms with Gasteiger partial charge in [0, 0.05) is 19.3 Å². The molecule has 0 N–H and O–H groups in total. The van der Waals surface area contributed by atoms with E-state index < -0.39 is 6.10 Å². The van der Waals surface area contributed by atoms with E-state index in [9.17, 15) is 14.4 Å². The predicted molar refractivity (Wildman–Crippen MR) is 352 cm³/mol. The Kier molecular flexibility index (Phi) is 63.9. The molecule has 458 valence electrons. The van der Waals surface area contributed by atoms with Gasteiger partial charge in [-0.15, -0.1) is 0 Å². The number of carbonyl (C=O) groups excluding carboxylic acids is 3. The molecule has 6 heteroatoms. The fourth-order valence-electron chi connectivity index (χ4n) is 8.89. The van der Waals surface area contributed by atoms with Gasteiger partial charge in [0.1, 0.15) is 13.2 Å². The van der Waals surface area contributed by atoms with Gasteiger partial charge in [0.05, 0.1) is 0 Å². The van der Waals surface area contributed by atoms with E-state index in [1.165, 1.54) is 122 Å². The lowest BCUT2D eigenvalue weighted by atomic mass is 10.1. The lowest BCUT2D eigenvalue weighted by Gasteiger charge is -2.18. The van der Waals surface area contributed by atoms with Crippen molar-refractivity contribution in [2.45, 2.75) is 297 Å². The molecule has 0 bridgehead atoms. The molecule has 0 aromatic heterocycles. The number of hydrogen-bond donors (Lipinski definition) is 0. The highest BCUT2D eigenvalue weighted by Crippen LogP contribution is 2.15. The Morgan fingerprint density at radius 2 is 0.494 bits per heavy atom. The molecule has 0 amide bonds. The van der Waals surface area contributed by atoms with E-state index >= 15 is 0 Å². The highest BCUT2D eigenvalue weighted by molar-refractivity contribution is 5.71. The first kappa shape index (κ1) is 76.3. The van der Waals surface area contributed by atoms with Crippen molar-refractivity contribution in [3.63, 3.8) is 0 Å². The molecule has 0 aromatic carbocycles. The van der Waals surface area contributed by atoms with Crippen molar-refractivity contribution in [2.75, 3.05) is 13.2 Å². The molecule has 0 radical (unpaired) electrons. The second kappa shape index (κ2) is 67.8. The van der Waals surface area contributed by atoms with Gasteiger partial charge in [0.2, 0.25) is 0 Å². The monoisotopic (exact) mass is 1120 g/mol. The zero-order chi connectivity index (χ0) is 58.5. The summed E-state index contributed by atoms with van der Waals surface area (Å²) in [5.41, 5.74) is 0. The molecule has 6 nitrogen and oxygen atoms in total. The van der Waals surface area contributed by atoms with Gasteiger partial charge < -0.3 is 14.2 Å². The summed E-state index contributed by atoms with van der Waals surface area (Å²) in [4.78, 5) is 38.4. The van der Waals surface area contributed by atoms with Crippen LogP contribution in [0.2, 0.25) is 0 Å². The summed E-state index contributed by atoms with van der Waals surface area (Å²) in [7, 11) is 0. The molecule has 0 saturated heterocycles. The van der Waals surface area contributed by atoms with Crippen molar-refractivity contribution in [3.8, 4) is 0 Å². The fraction of sp³-hybridized carbons (Fsp3) is 0.640. The molecule has 0 spiro atoms. The van der Waals surface area contributed by atoms with Crippen LogP contribution in [0.15, 0.2) is 146 Å². The van der Waals surface area contributed by atoms with Crippen LogP contribution in [0.1, 0.15) is 290 Å². The van der Waals surface area contributed by atoms with E-state index in [1.807, 2.05) is 0 Å². The zero-order valence-electron chi connectivity index (χ0n) is 52.5. The highest BCUT2D eigenvalue weighted by Gasteiger charge is 2.19. The van der Waals surface area contributed by atoms with Crippen molar-refractivity contribution in [2.24, 2.45) is 0 Å². The SMILES string of the molecule is CC/C=C\C/C=C\C/C=C\C/C=C\C/C=C\CCCC(=O)OCC(COC(=O)CCCCCCCCCCCC/C=C\C/C=C\C/C=C\C/C=C\CC)OC(=O)CCCCCCCCCC/C=C\C/C=C\C/C=C\CCCCCCC. The van der Waals surface area contributed by atoms with E-state index in [0.717, 1.165) is 122 Å². The van der Waals surface area contributed by atoms with Crippen LogP contribution in [0.25, 0.3) is 0 Å². The molecule has 0 aliphatic carbocycles. The minimum Gasteiger partial charge on any atom is -0.462 e. The van der Waals surface area contributed by atoms with Crippen molar-refractivity contribution < 1.29 is 28.6 Å². The maximum Gasteiger partial charge on any atom is 0.306 e. The fourth-order valence-corrected chi connectivity index (χ4v) is 8.89. The Morgan fingerprint density at radius 3 is 0.802 bits per heavy atom. The van der Waals surface area contributed by atoms with Crippen molar-refractivity contribution in [1.29, 1.82) is 0 Å². The third kappa shape index (κ3) is 66.0. The second-order valence-electron chi connectivity index (χ2n) is 21.6. The lowest BCUT2D eigenvalue weighted by Crippen LogP contribution is -2.30. The summed E-state index contributed by atoms with van der Waals surface area (Å²) in [6.07, 6.45) is 97.1. The molecule has 0 rings (SSSR count). The highest BCUT2D eigenvalue weighted by atomic mass is 16.6. The van der Waals surface area contributed by atoms with Crippen LogP contribution in [-0.4, -0.2) is 37.2 Å². The smallest absolute Gasteiger partial charge is 0.306 e. The Labute approximate surface area is 499 Å². The molecule has 0 heterocycles. The number of unbranched alkanes of at least 4 members (excludes halogenated alkanes) is 24. The van der Waals surface area contributed by atoms with Crippen LogP contribution in [0.5, 0.6) is 0 Å². The topological polar surface area (TPSA) is 78.9 Å². The van der Waals surface area contributed by atoms with Crippen molar-refractivity contribution >= 4 is 17.9 Å². The molecule has 0 aliphatic heterocycles. The first-order valence-corrected chi connectivity index (χ1v) is 33.3.